The fourth-order valence-corrected chi connectivity index (χ4v) is 2.94. The maximum atomic E-state index is 13.8. The molecule has 0 radical (unpaired) electrons. The zero-order valence-corrected chi connectivity index (χ0v) is 15.6. The summed E-state index contributed by atoms with van der Waals surface area (Å²) in [7, 11) is 1.69. The summed E-state index contributed by atoms with van der Waals surface area (Å²) in [5.74, 6) is -0.156. The maximum Gasteiger partial charge on any atom is 0.194 e. The molecular formula is C19H29F2N3O2. The Labute approximate surface area is 154 Å². The number of nitrogens with zero attached hydrogens (tertiary/aromatic N) is 2. The third kappa shape index (κ3) is 6.53. The van der Waals surface area contributed by atoms with Gasteiger partial charge in [0.15, 0.2) is 5.96 Å². The lowest BCUT2D eigenvalue weighted by Gasteiger charge is -2.34. The number of guanidine groups is 1. The fourth-order valence-electron chi connectivity index (χ4n) is 2.94. The predicted molar refractivity (Wildman–Crippen MR) is 98.2 cm³/mol. The third-order valence-electron chi connectivity index (χ3n) is 4.33. The average Bonchev–Trinajstić information content (AvgIpc) is 2.65. The SMILES string of the molecule is CCNC(=NCc1cc(F)ccc1F)N1CCC(OCCCOC)CC1. The van der Waals surface area contributed by atoms with Gasteiger partial charge in [-0.1, -0.05) is 0 Å². The van der Waals surface area contributed by atoms with E-state index in [4.69, 9.17) is 9.47 Å². The molecule has 2 rings (SSSR count). The van der Waals surface area contributed by atoms with Crippen LogP contribution in [0.2, 0.25) is 0 Å². The molecule has 0 aromatic heterocycles. The molecule has 1 aromatic rings. The van der Waals surface area contributed by atoms with E-state index in [0.717, 1.165) is 57.0 Å². The molecule has 1 saturated heterocycles. The molecule has 1 aliphatic rings. The molecule has 0 amide bonds. The van der Waals surface area contributed by atoms with Crippen molar-refractivity contribution in [2.45, 2.75) is 38.8 Å². The van der Waals surface area contributed by atoms with Gasteiger partial charge in [-0.3, -0.25) is 0 Å². The molecular weight excluding hydrogens is 340 g/mol. The van der Waals surface area contributed by atoms with Gasteiger partial charge in [0.2, 0.25) is 0 Å². The second-order valence-corrected chi connectivity index (χ2v) is 6.31. The van der Waals surface area contributed by atoms with Gasteiger partial charge >= 0.3 is 0 Å². The largest absolute Gasteiger partial charge is 0.385 e. The van der Waals surface area contributed by atoms with Gasteiger partial charge in [0.1, 0.15) is 11.6 Å². The van der Waals surface area contributed by atoms with Crippen molar-refractivity contribution in [1.29, 1.82) is 0 Å². The van der Waals surface area contributed by atoms with E-state index in [1.54, 1.807) is 7.11 Å². The number of piperidine rings is 1. The number of aliphatic imine (C=N–C) groups is 1. The first-order valence-corrected chi connectivity index (χ1v) is 9.21. The fraction of sp³-hybridized carbons (Fsp3) is 0.632. The smallest absolute Gasteiger partial charge is 0.194 e. The van der Waals surface area contributed by atoms with E-state index in [2.05, 4.69) is 15.2 Å². The van der Waals surface area contributed by atoms with Crippen LogP contribution in [0, 0.1) is 11.6 Å². The second kappa shape index (κ2) is 11.1. The Balaban J connectivity index is 1.88. The van der Waals surface area contributed by atoms with Gasteiger partial charge in [-0.05, 0) is 44.4 Å². The van der Waals surface area contributed by atoms with Gasteiger partial charge in [0.25, 0.3) is 0 Å². The number of likely N-dealkylation sites (tertiary alicyclic amines) is 1. The zero-order chi connectivity index (χ0) is 18.8. The van der Waals surface area contributed by atoms with Gasteiger partial charge in [-0.15, -0.1) is 0 Å². The van der Waals surface area contributed by atoms with Crippen LogP contribution >= 0.6 is 0 Å². The Morgan fingerprint density at radius 2 is 2.04 bits per heavy atom. The minimum atomic E-state index is -0.451. The highest BCUT2D eigenvalue weighted by molar-refractivity contribution is 5.80. The number of methoxy groups -OCH3 is 1. The zero-order valence-electron chi connectivity index (χ0n) is 15.6. The molecule has 1 aromatic carbocycles. The molecule has 0 bridgehead atoms. The Morgan fingerprint density at radius 1 is 1.27 bits per heavy atom. The molecule has 146 valence electrons. The van der Waals surface area contributed by atoms with Gasteiger partial charge in [-0.2, -0.15) is 0 Å². The van der Waals surface area contributed by atoms with Crippen LogP contribution in [0.3, 0.4) is 0 Å². The minimum Gasteiger partial charge on any atom is -0.385 e. The van der Waals surface area contributed by atoms with E-state index in [1.165, 1.54) is 6.07 Å². The summed E-state index contributed by atoms with van der Waals surface area (Å²) in [4.78, 5) is 6.64. The first-order chi connectivity index (χ1) is 12.6. The van der Waals surface area contributed by atoms with Crippen molar-refractivity contribution in [2.24, 2.45) is 4.99 Å². The molecule has 26 heavy (non-hydrogen) atoms. The molecule has 0 saturated carbocycles. The van der Waals surface area contributed by atoms with Crippen LogP contribution < -0.4 is 5.32 Å². The Hall–Kier alpha value is -1.73. The van der Waals surface area contributed by atoms with Crippen LogP contribution in [0.15, 0.2) is 23.2 Å². The molecule has 1 aliphatic heterocycles. The van der Waals surface area contributed by atoms with E-state index in [-0.39, 0.29) is 18.2 Å². The Bertz CT molecular complexity index is 576. The molecule has 0 atom stereocenters. The van der Waals surface area contributed by atoms with Crippen LogP contribution in [0.4, 0.5) is 8.78 Å². The molecule has 0 spiro atoms. The number of rotatable bonds is 8. The number of halogens is 2. The lowest BCUT2D eigenvalue weighted by atomic mass is 10.1. The summed E-state index contributed by atoms with van der Waals surface area (Å²) >= 11 is 0. The molecule has 1 N–H and O–H groups in total. The summed E-state index contributed by atoms with van der Waals surface area (Å²) < 4.78 is 38.0. The van der Waals surface area contributed by atoms with Crippen molar-refractivity contribution in [2.75, 3.05) is 40.0 Å². The van der Waals surface area contributed by atoms with Crippen LogP contribution in [0.25, 0.3) is 0 Å². The molecule has 0 aliphatic carbocycles. The van der Waals surface area contributed by atoms with Crippen molar-refractivity contribution in [3.63, 3.8) is 0 Å². The van der Waals surface area contributed by atoms with E-state index < -0.39 is 11.6 Å². The minimum absolute atomic E-state index is 0.110. The predicted octanol–water partition coefficient (Wildman–Crippen LogP) is 2.95. The van der Waals surface area contributed by atoms with Crippen LogP contribution in [0.5, 0.6) is 0 Å². The van der Waals surface area contributed by atoms with E-state index in [1.807, 2.05) is 6.92 Å². The number of hydrogen-bond acceptors (Lipinski definition) is 3. The average molecular weight is 369 g/mol. The normalized spacial score (nSPS) is 16.2. The maximum absolute atomic E-state index is 13.8. The molecule has 5 nitrogen and oxygen atoms in total. The Morgan fingerprint density at radius 3 is 2.73 bits per heavy atom. The molecule has 1 fully saturated rings. The number of benzene rings is 1. The van der Waals surface area contributed by atoms with E-state index in [9.17, 15) is 8.78 Å². The summed E-state index contributed by atoms with van der Waals surface area (Å²) in [5.41, 5.74) is 0.261. The van der Waals surface area contributed by atoms with Gasteiger partial charge in [0, 0.05) is 45.5 Å². The van der Waals surface area contributed by atoms with E-state index >= 15 is 0 Å². The highest BCUT2D eigenvalue weighted by Crippen LogP contribution is 2.15. The monoisotopic (exact) mass is 369 g/mol. The van der Waals surface area contributed by atoms with E-state index in [0.29, 0.717) is 13.2 Å². The van der Waals surface area contributed by atoms with Crippen LogP contribution in [-0.4, -0.2) is 56.9 Å². The van der Waals surface area contributed by atoms with Gasteiger partial charge < -0.3 is 19.7 Å². The first-order valence-electron chi connectivity index (χ1n) is 9.21. The van der Waals surface area contributed by atoms with Crippen molar-refractivity contribution in [1.82, 2.24) is 10.2 Å². The van der Waals surface area contributed by atoms with Crippen molar-refractivity contribution in [3.8, 4) is 0 Å². The first kappa shape index (κ1) is 20.6. The Kier molecular flexibility index (Phi) is 8.77. The van der Waals surface area contributed by atoms with Crippen LogP contribution in [-0.2, 0) is 16.0 Å². The lowest BCUT2D eigenvalue weighted by molar-refractivity contribution is 0.00990. The van der Waals surface area contributed by atoms with Gasteiger partial charge in [0.05, 0.1) is 12.6 Å². The second-order valence-electron chi connectivity index (χ2n) is 6.31. The topological polar surface area (TPSA) is 46.1 Å². The highest BCUT2D eigenvalue weighted by Gasteiger charge is 2.21. The summed E-state index contributed by atoms with van der Waals surface area (Å²) in [5, 5.41) is 3.23. The quantitative estimate of drug-likeness (QED) is 0.435. The van der Waals surface area contributed by atoms with Crippen molar-refractivity contribution < 1.29 is 18.3 Å². The van der Waals surface area contributed by atoms with Crippen molar-refractivity contribution in [3.05, 3.63) is 35.4 Å². The van der Waals surface area contributed by atoms with Crippen LogP contribution in [0.1, 0.15) is 31.7 Å². The summed E-state index contributed by atoms with van der Waals surface area (Å²) in [6, 6.07) is 3.45. The number of nitrogens with one attached hydrogen (secondary N) is 1. The summed E-state index contributed by atoms with van der Waals surface area (Å²) in [6.45, 7) is 5.90. The highest BCUT2D eigenvalue weighted by atomic mass is 19.1. The third-order valence-corrected chi connectivity index (χ3v) is 4.33. The standard InChI is InChI=1S/C19H29F2N3O2/c1-3-22-19(23-14-15-13-16(20)5-6-18(15)21)24-9-7-17(8-10-24)26-12-4-11-25-2/h5-6,13,17H,3-4,7-12,14H2,1-2H3,(H,22,23). The number of ether oxygens (including phenoxy) is 2. The van der Waals surface area contributed by atoms with Crippen molar-refractivity contribution >= 4 is 5.96 Å². The molecule has 0 unspecified atom stereocenters. The number of hydrogen-bond donors (Lipinski definition) is 1. The molecule has 7 heteroatoms. The van der Waals surface area contributed by atoms with Gasteiger partial charge in [-0.25, -0.2) is 13.8 Å². The lowest BCUT2D eigenvalue weighted by Crippen LogP contribution is -2.47. The summed E-state index contributed by atoms with van der Waals surface area (Å²) in [6.07, 6.45) is 3.00. The molecule has 1 heterocycles.